The number of carbonyl (C=O) groups is 2. The third-order valence-electron chi connectivity index (χ3n) is 8.63. The fourth-order valence-electron chi connectivity index (χ4n) is 7.22. The Morgan fingerprint density at radius 3 is 2.50 bits per heavy atom. The highest BCUT2D eigenvalue weighted by Crippen LogP contribution is 2.65. The number of amides is 2. The topological polar surface area (TPSA) is 78.4 Å². The predicted molar refractivity (Wildman–Crippen MR) is 108 cm³/mol. The summed E-state index contributed by atoms with van der Waals surface area (Å²) in [5.74, 6) is 1.87. The van der Waals surface area contributed by atoms with Crippen LogP contribution < -0.4 is 10.6 Å². The molecule has 2 fully saturated rings. The summed E-state index contributed by atoms with van der Waals surface area (Å²) in [7, 11) is 0. The molecule has 5 heteroatoms. The van der Waals surface area contributed by atoms with Gasteiger partial charge in [-0.15, -0.1) is 0 Å². The minimum atomic E-state index is -0.209. The highest BCUT2D eigenvalue weighted by atomic mass is 16.3. The summed E-state index contributed by atoms with van der Waals surface area (Å²) in [4.78, 5) is 23.8. The first-order valence-electron chi connectivity index (χ1n) is 10.8. The molecule has 2 amide bonds. The Labute approximate surface area is 168 Å². The second kappa shape index (κ2) is 6.64. The number of fused-ring (bicyclic) bond motifs is 5. The third-order valence-corrected chi connectivity index (χ3v) is 8.63. The van der Waals surface area contributed by atoms with Gasteiger partial charge in [0, 0.05) is 25.3 Å². The molecule has 3 N–H and O–H groups in total. The molecule has 4 aliphatic carbocycles. The van der Waals surface area contributed by atoms with Crippen LogP contribution in [0.5, 0.6) is 0 Å². The Hall–Kier alpha value is -1.78. The molecular weight excluding hydrogens is 352 g/mol. The molecule has 0 aromatic rings. The van der Waals surface area contributed by atoms with Crippen LogP contribution in [0.3, 0.4) is 0 Å². The van der Waals surface area contributed by atoms with Gasteiger partial charge >= 0.3 is 0 Å². The van der Waals surface area contributed by atoms with Crippen molar-refractivity contribution in [3.8, 4) is 0 Å². The number of allylic oxidation sites excluding steroid dienone is 3. The molecule has 0 saturated heterocycles. The largest absolute Gasteiger partial charge is 0.512 e. The number of rotatable bonds is 2. The Kier molecular flexibility index (Phi) is 4.63. The van der Waals surface area contributed by atoms with Crippen molar-refractivity contribution < 1.29 is 14.7 Å². The van der Waals surface area contributed by atoms with Gasteiger partial charge < -0.3 is 15.7 Å². The van der Waals surface area contributed by atoms with E-state index in [0.29, 0.717) is 17.6 Å². The molecule has 0 spiro atoms. The van der Waals surface area contributed by atoms with E-state index in [1.807, 2.05) is 6.08 Å². The molecule has 0 heterocycles. The number of hydrogen-bond donors (Lipinski definition) is 3. The lowest BCUT2D eigenvalue weighted by molar-refractivity contribution is -0.129. The number of hydrogen-bond acceptors (Lipinski definition) is 3. The predicted octanol–water partition coefficient (Wildman–Crippen LogP) is 3.48. The lowest BCUT2D eigenvalue weighted by atomic mass is 9.44. The Balaban J connectivity index is 1.73. The van der Waals surface area contributed by atoms with Gasteiger partial charge in [0.05, 0.1) is 11.8 Å². The SMILES string of the molecule is CC(=O)N[C@H]1C[C@@H]2CCC=C(O)[C@]2(C)[C@H]2CC[C@]3(C)[C@@H](NC(C)=O)C=C[C@H]3[C@H]12. The average Bonchev–Trinajstić information content (AvgIpc) is 2.92. The van der Waals surface area contributed by atoms with Gasteiger partial charge in [-0.05, 0) is 67.3 Å². The van der Waals surface area contributed by atoms with Crippen LogP contribution in [0.4, 0.5) is 0 Å². The Morgan fingerprint density at radius 2 is 1.82 bits per heavy atom. The van der Waals surface area contributed by atoms with Gasteiger partial charge in [-0.2, -0.15) is 0 Å². The Bertz CT molecular complexity index is 744. The fourth-order valence-corrected chi connectivity index (χ4v) is 7.22. The highest BCUT2D eigenvalue weighted by Gasteiger charge is 2.62. The van der Waals surface area contributed by atoms with Crippen LogP contribution in [-0.4, -0.2) is 29.0 Å². The maximum Gasteiger partial charge on any atom is 0.217 e. The smallest absolute Gasteiger partial charge is 0.217 e. The molecule has 0 aromatic heterocycles. The zero-order valence-corrected chi connectivity index (χ0v) is 17.5. The molecule has 0 aromatic carbocycles. The zero-order chi connectivity index (χ0) is 20.3. The van der Waals surface area contributed by atoms with Gasteiger partial charge in [-0.1, -0.05) is 26.0 Å². The summed E-state index contributed by atoms with van der Waals surface area (Å²) in [6.07, 6.45) is 11.4. The van der Waals surface area contributed by atoms with Gasteiger partial charge in [0.15, 0.2) is 0 Å². The van der Waals surface area contributed by atoms with E-state index in [9.17, 15) is 14.7 Å². The molecule has 0 bridgehead atoms. The number of aliphatic hydroxyl groups is 1. The van der Waals surface area contributed by atoms with E-state index in [4.69, 9.17) is 0 Å². The zero-order valence-electron chi connectivity index (χ0n) is 17.5. The first-order valence-corrected chi connectivity index (χ1v) is 10.8. The second-order valence-corrected chi connectivity index (χ2v) is 10.0. The van der Waals surface area contributed by atoms with Gasteiger partial charge in [0.2, 0.25) is 11.8 Å². The van der Waals surface area contributed by atoms with Crippen molar-refractivity contribution in [2.75, 3.05) is 0 Å². The van der Waals surface area contributed by atoms with Crippen molar-refractivity contribution in [2.45, 2.75) is 71.9 Å². The first-order chi connectivity index (χ1) is 13.2. The molecule has 154 valence electrons. The van der Waals surface area contributed by atoms with Crippen molar-refractivity contribution in [3.05, 3.63) is 24.0 Å². The van der Waals surface area contributed by atoms with E-state index in [0.717, 1.165) is 32.1 Å². The van der Waals surface area contributed by atoms with E-state index in [1.54, 1.807) is 13.8 Å². The van der Waals surface area contributed by atoms with Crippen molar-refractivity contribution >= 4 is 11.8 Å². The van der Waals surface area contributed by atoms with Crippen molar-refractivity contribution in [1.82, 2.24) is 10.6 Å². The summed E-state index contributed by atoms with van der Waals surface area (Å²) < 4.78 is 0. The van der Waals surface area contributed by atoms with E-state index >= 15 is 0 Å². The number of carbonyl (C=O) groups excluding carboxylic acids is 2. The van der Waals surface area contributed by atoms with Crippen molar-refractivity contribution in [3.63, 3.8) is 0 Å². The second-order valence-electron chi connectivity index (χ2n) is 10.0. The maximum absolute atomic E-state index is 12.0. The summed E-state index contributed by atoms with van der Waals surface area (Å²) in [5.41, 5.74) is -0.250. The van der Waals surface area contributed by atoms with Gasteiger partial charge in [-0.3, -0.25) is 9.59 Å². The van der Waals surface area contributed by atoms with E-state index < -0.39 is 0 Å². The quantitative estimate of drug-likeness (QED) is 0.636. The van der Waals surface area contributed by atoms with Gasteiger partial charge in [-0.25, -0.2) is 0 Å². The van der Waals surface area contributed by atoms with Crippen LogP contribution in [-0.2, 0) is 9.59 Å². The molecule has 5 nitrogen and oxygen atoms in total. The van der Waals surface area contributed by atoms with Crippen LogP contribution in [0.15, 0.2) is 24.0 Å². The van der Waals surface area contributed by atoms with Crippen molar-refractivity contribution in [1.29, 1.82) is 0 Å². The third kappa shape index (κ3) is 2.73. The van der Waals surface area contributed by atoms with E-state index in [1.165, 1.54) is 0 Å². The molecule has 4 rings (SSSR count). The number of aliphatic hydroxyl groups excluding tert-OH is 1. The molecule has 2 saturated carbocycles. The van der Waals surface area contributed by atoms with Crippen LogP contribution in [0, 0.1) is 34.5 Å². The van der Waals surface area contributed by atoms with E-state index in [2.05, 4.69) is 36.6 Å². The van der Waals surface area contributed by atoms with Crippen LogP contribution in [0.25, 0.3) is 0 Å². The molecule has 4 aliphatic rings. The molecule has 8 atom stereocenters. The van der Waals surface area contributed by atoms with Crippen LogP contribution in [0.1, 0.15) is 59.8 Å². The summed E-state index contributed by atoms with van der Waals surface area (Å²) in [5, 5.41) is 17.3. The first kappa shape index (κ1) is 19.5. The lowest BCUT2D eigenvalue weighted by Gasteiger charge is -2.61. The molecule has 0 unspecified atom stereocenters. The van der Waals surface area contributed by atoms with E-state index in [-0.39, 0.29) is 46.6 Å². The Morgan fingerprint density at radius 1 is 1.11 bits per heavy atom. The normalized spacial score (nSPS) is 46.6. The molecule has 0 aliphatic heterocycles. The molecule has 0 radical (unpaired) electrons. The monoisotopic (exact) mass is 386 g/mol. The fraction of sp³-hybridized carbons (Fsp3) is 0.739. The number of nitrogens with one attached hydrogen (secondary N) is 2. The summed E-state index contributed by atoms with van der Waals surface area (Å²) in [6.45, 7) is 7.71. The average molecular weight is 387 g/mol. The van der Waals surface area contributed by atoms with Gasteiger partial charge in [0.1, 0.15) is 0 Å². The van der Waals surface area contributed by atoms with Gasteiger partial charge in [0.25, 0.3) is 0 Å². The maximum atomic E-state index is 12.0. The standard InChI is InChI=1S/C23H34N2O3/c1-13(26)24-18-12-15-6-5-7-20(28)23(15,4)17-10-11-22(3)16(21(17)18)8-9-19(22)25-14(2)27/h7-9,15-19,21,28H,5-6,10-12H2,1-4H3,(H,24,26)(H,25,27)/t15-,16-,17-,18-,19-,21-,22-,23-/m0/s1. The van der Waals surface area contributed by atoms with Crippen LogP contribution in [0.2, 0.25) is 0 Å². The molecular formula is C23H34N2O3. The highest BCUT2D eigenvalue weighted by molar-refractivity contribution is 5.74. The lowest BCUT2D eigenvalue weighted by Crippen LogP contribution is -2.62. The molecule has 28 heavy (non-hydrogen) atoms. The van der Waals surface area contributed by atoms with Crippen LogP contribution >= 0.6 is 0 Å². The minimum Gasteiger partial charge on any atom is -0.512 e. The van der Waals surface area contributed by atoms with Crippen molar-refractivity contribution in [2.24, 2.45) is 34.5 Å². The summed E-state index contributed by atoms with van der Waals surface area (Å²) in [6, 6.07) is 0.159. The summed E-state index contributed by atoms with van der Waals surface area (Å²) >= 11 is 0. The minimum absolute atomic E-state index is 0.000544.